The molecule has 0 aliphatic carbocycles. The summed E-state index contributed by atoms with van der Waals surface area (Å²) in [6.45, 7) is 0.937. The monoisotopic (exact) mass is 358 g/mol. The summed E-state index contributed by atoms with van der Waals surface area (Å²) < 4.78 is 20.3. The van der Waals surface area contributed by atoms with Crippen LogP contribution in [-0.2, 0) is 6.54 Å². The van der Waals surface area contributed by atoms with Crippen LogP contribution in [0.1, 0.15) is 10.4 Å². The van der Waals surface area contributed by atoms with Crippen molar-refractivity contribution >= 4 is 34.1 Å². The summed E-state index contributed by atoms with van der Waals surface area (Å²) >= 11 is 6.20. The average Bonchev–Trinajstić information content (AvgIpc) is 2.61. The summed E-state index contributed by atoms with van der Waals surface area (Å²) in [4.78, 5) is 25.4. The first-order valence-corrected chi connectivity index (χ1v) is 7.98. The van der Waals surface area contributed by atoms with Crippen molar-refractivity contribution in [3.63, 3.8) is 0 Å². The van der Waals surface area contributed by atoms with Gasteiger partial charge in [0.1, 0.15) is 23.7 Å². The Bertz CT molecular complexity index is 1060. The lowest BCUT2D eigenvalue weighted by molar-refractivity contribution is 0.102. The number of rotatable bonds is 2. The zero-order chi connectivity index (χ0) is 17.6. The Morgan fingerprint density at radius 2 is 1.96 bits per heavy atom. The van der Waals surface area contributed by atoms with E-state index >= 15 is 0 Å². The van der Waals surface area contributed by atoms with Crippen molar-refractivity contribution in [2.45, 2.75) is 6.54 Å². The molecule has 1 aromatic heterocycles. The lowest BCUT2D eigenvalue weighted by Crippen LogP contribution is -2.26. The van der Waals surface area contributed by atoms with Gasteiger partial charge in [-0.05, 0) is 36.4 Å². The number of benzene rings is 2. The molecule has 5 nitrogen and oxygen atoms in total. The number of carbonyl (C=O) groups is 1. The highest BCUT2D eigenvalue weighted by Gasteiger charge is 2.22. The smallest absolute Gasteiger partial charge is 0.261 e. The summed E-state index contributed by atoms with van der Waals surface area (Å²) in [5.41, 5.74) is 0.482. The maximum absolute atomic E-state index is 13.0. The molecule has 126 valence electrons. The Morgan fingerprint density at radius 3 is 2.72 bits per heavy atom. The van der Waals surface area contributed by atoms with Gasteiger partial charge in [-0.3, -0.25) is 9.59 Å². The van der Waals surface area contributed by atoms with Crippen molar-refractivity contribution in [2.75, 3.05) is 11.9 Å². The summed E-state index contributed by atoms with van der Waals surface area (Å²) in [6.07, 6.45) is 1.51. The fraction of sp³-hybridized carbons (Fsp3) is 0.111. The molecule has 1 aliphatic rings. The van der Waals surface area contributed by atoms with Gasteiger partial charge in [0.05, 0.1) is 22.5 Å². The Kier molecular flexibility index (Phi) is 3.69. The second-order valence-electron chi connectivity index (χ2n) is 5.64. The van der Waals surface area contributed by atoms with Crippen LogP contribution < -0.4 is 15.5 Å². The van der Waals surface area contributed by atoms with Crippen LogP contribution in [0.5, 0.6) is 5.75 Å². The Morgan fingerprint density at radius 1 is 1.20 bits per heavy atom. The molecule has 25 heavy (non-hydrogen) atoms. The van der Waals surface area contributed by atoms with E-state index in [9.17, 15) is 14.0 Å². The lowest BCUT2D eigenvalue weighted by atomic mass is 10.1. The van der Waals surface area contributed by atoms with E-state index in [1.807, 2.05) is 0 Å². The quantitative estimate of drug-likeness (QED) is 0.763. The second kappa shape index (κ2) is 5.89. The van der Waals surface area contributed by atoms with E-state index in [4.69, 9.17) is 16.3 Å². The third kappa shape index (κ3) is 2.64. The highest BCUT2D eigenvalue weighted by Crippen LogP contribution is 2.32. The van der Waals surface area contributed by atoms with E-state index in [-0.39, 0.29) is 16.0 Å². The number of halogens is 2. The number of nitrogens with zero attached hydrogens (tertiary/aromatic N) is 1. The minimum Gasteiger partial charge on any atom is -0.490 e. The number of anilines is 1. The zero-order valence-electron chi connectivity index (χ0n) is 12.9. The van der Waals surface area contributed by atoms with Crippen molar-refractivity contribution in [1.82, 2.24) is 4.57 Å². The van der Waals surface area contributed by atoms with E-state index in [1.54, 1.807) is 16.7 Å². The van der Waals surface area contributed by atoms with Crippen molar-refractivity contribution in [1.29, 1.82) is 0 Å². The predicted octanol–water partition coefficient (Wildman–Crippen LogP) is 3.44. The minimum atomic E-state index is -0.574. The van der Waals surface area contributed by atoms with Gasteiger partial charge in [0.25, 0.3) is 5.91 Å². The van der Waals surface area contributed by atoms with Crippen molar-refractivity contribution in [2.24, 2.45) is 0 Å². The first kappa shape index (κ1) is 15.7. The maximum atomic E-state index is 13.0. The highest BCUT2D eigenvalue weighted by molar-refractivity contribution is 6.35. The van der Waals surface area contributed by atoms with Gasteiger partial charge in [-0.1, -0.05) is 11.6 Å². The van der Waals surface area contributed by atoms with E-state index in [0.717, 1.165) is 0 Å². The first-order chi connectivity index (χ1) is 12.0. The molecule has 1 aliphatic heterocycles. The molecular weight excluding hydrogens is 347 g/mol. The molecule has 3 aromatic rings. The fourth-order valence-corrected chi connectivity index (χ4v) is 3.14. The molecule has 0 radical (unpaired) electrons. The van der Waals surface area contributed by atoms with Crippen LogP contribution in [0.3, 0.4) is 0 Å². The van der Waals surface area contributed by atoms with Crippen LogP contribution in [-0.4, -0.2) is 17.1 Å². The van der Waals surface area contributed by atoms with E-state index in [1.165, 1.54) is 30.5 Å². The number of carbonyl (C=O) groups excluding carboxylic acids is 1. The molecule has 0 fully saturated rings. The summed E-state index contributed by atoms with van der Waals surface area (Å²) in [5, 5.41) is 3.12. The predicted molar refractivity (Wildman–Crippen MR) is 93.1 cm³/mol. The topological polar surface area (TPSA) is 60.3 Å². The van der Waals surface area contributed by atoms with Gasteiger partial charge >= 0.3 is 0 Å². The molecule has 2 heterocycles. The third-order valence-corrected chi connectivity index (χ3v) is 4.39. The molecule has 2 aromatic carbocycles. The largest absolute Gasteiger partial charge is 0.490 e. The molecular formula is C18H12ClFN2O3. The number of ether oxygens (including phenoxy) is 1. The molecule has 0 spiro atoms. The molecule has 0 saturated carbocycles. The molecule has 1 N–H and O–H groups in total. The van der Waals surface area contributed by atoms with Gasteiger partial charge in [-0.25, -0.2) is 4.39 Å². The molecule has 1 amide bonds. The van der Waals surface area contributed by atoms with E-state index in [2.05, 4.69) is 5.32 Å². The van der Waals surface area contributed by atoms with Gasteiger partial charge in [-0.15, -0.1) is 0 Å². The summed E-state index contributed by atoms with van der Waals surface area (Å²) in [5.74, 6) is -0.420. The van der Waals surface area contributed by atoms with Crippen LogP contribution in [0.4, 0.5) is 10.1 Å². The summed E-state index contributed by atoms with van der Waals surface area (Å²) in [6, 6.07) is 8.60. The SMILES string of the molecule is O=C(Nc1ccc(F)cc1)c1cn2c3c(ccc(Cl)c3c1=O)OCC2. The van der Waals surface area contributed by atoms with Gasteiger partial charge < -0.3 is 14.6 Å². The number of hydrogen-bond acceptors (Lipinski definition) is 3. The van der Waals surface area contributed by atoms with Gasteiger partial charge in [0.15, 0.2) is 0 Å². The van der Waals surface area contributed by atoms with E-state index in [0.29, 0.717) is 30.1 Å². The Hall–Kier alpha value is -2.86. The van der Waals surface area contributed by atoms with Crippen LogP contribution in [0.15, 0.2) is 47.4 Å². The normalized spacial score (nSPS) is 12.7. The average molecular weight is 359 g/mol. The third-order valence-electron chi connectivity index (χ3n) is 4.07. The zero-order valence-corrected chi connectivity index (χ0v) is 13.6. The lowest BCUT2D eigenvalue weighted by Gasteiger charge is -2.21. The maximum Gasteiger partial charge on any atom is 0.261 e. The fourth-order valence-electron chi connectivity index (χ4n) is 2.90. The number of amides is 1. The molecule has 0 saturated heterocycles. The Balaban J connectivity index is 1.84. The molecule has 0 atom stereocenters. The number of aromatic nitrogens is 1. The number of hydrogen-bond donors (Lipinski definition) is 1. The van der Waals surface area contributed by atoms with Crippen LogP contribution in [0.25, 0.3) is 10.9 Å². The van der Waals surface area contributed by atoms with Gasteiger partial charge in [0, 0.05) is 11.9 Å². The molecule has 0 bridgehead atoms. The minimum absolute atomic E-state index is 0.0298. The van der Waals surface area contributed by atoms with E-state index < -0.39 is 17.2 Å². The van der Waals surface area contributed by atoms with Crippen molar-refractivity contribution < 1.29 is 13.9 Å². The standard InChI is InChI=1S/C18H12ClFN2O3/c19-13-5-6-14-16-15(13)17(23)12(9-22(16)7-8-25-14)18(24)21-11-3-1-10(20)2-4-11/h1-6,9H,7-8H2,(H,21,24). The number of pyridine rings is 1. The van der Waals surface area contributed by atoms with Gasteiger partial charge in [-0.2, -0.15) is 0 Å². The number of nitrogens with one attached hydrogen (secondary N) is 1. The van der Waals surface area contributed by atoms with Crippen LogP contribution >= 0.6 is 11.6 Å². The highest BCUT2D eigenvalue weighted by atomic mass is 35.5. The molecule has 7 heteroatoms. The summed E-state index contributed by atoms with van der Waals surface area (Å²) in [7, 11) is 0. The van der Waals surface area contributed by atoms with Crippen molar-refractivity contribution in [3.8, 4) is 5.75 Å². The van der Waals surface area contributed by atoms with Crippen molar-refractivity contribution in [3.05, 3.63) is 69.2 Å². The van der Waals surface area contributed by atoms with Crippen LogP contribution in [0.2, 0.25) is 5.02 Å². The van der Waals surface area contributed by atoms with Gasteiger partial charge in [0.2, 0.25) is 5.43 Å². The molecule has 0 unspecified atom stereocenters. The van der Waals surface area contributed by atoms with Crippen LogP contribution in [0, 0.1) is 5.82 Å². The molecule has 4 rings (SSSR count). The first-order valence-electron chi connectivity index (χ1n) is 7.60. The Labute approximate surface area is 146 Å². The second-order valence-corrected chi connectivity index (χ2v) is 6.05.